The Kier molecular flexibility index (Phi) is 5.56. The molecule has 1 fully saturated rings. The lowest BCUT2D eigenvalue weighted by Crippen LogP contribution is -2.32. The predicted octanol–water partition coefficient (Wildman–Crippen LogP) is 1.51. The highest BCUT2D eigenvalue weighted by molar-refractivity contribution is 5.39. The van der Waals surface area contributed by atoms with Gasteiger partial charge in [0.15, 0.2) is 0 Å². The van der Waals surface area contributed by atoms with Crippen molar-refractivity contribution in [2.45, 2.75) is 45.0 Å². The number of likely N-dealkylation sites (tertiary alicyclic amines) is 1. The van der Waals surface area contributed by atoms with Gasteiger partial charge in [0.05, 0.1) is 12.7 Å². The van der Waals surface area contributed by atoms with Gasteiger partial charge in [0.25, 0.3) is 0 Å². The van der Waals surface area contributed by atoms with Gasteiger partial charge < -0.3 is 14.7 Å². The van der Waals surface area contributed by atoms with Crippen molar-refractivity contribution in [1.29, 1.82) is 0 Å². The van der Waals surface area contributed by atoms with E-state index in [1.165, 1.54) is 5.56 Å². The molecule has 0 spiro atoms. The fourth-order valence-corrected chi connectivity index (χ4v) is 2.71. The molecule has 0 unspecified atom stereocenters. The second-order valence-corrected chi connectivity index (χ2v) is 6.09. The molecule has 1 aliphatic rings. The van der Waals surface area contributed by atoms with E-state index in [-0.39, 0.29) is 18.8 Å². The highest BCUT2D eigenvalue weighted by atomic mass is 16.5. The standard InChI is InChI=1S/C16H27N3O2/c1-12(2)18(3)16-6-5-13(8-17-16)9-19-10-15(21-4)7-14(19)11-20/h5-6,8,12,14-15,20H,7,9-11H2,1-4H3/t14-,15-/m0/s1. The minimum absolute atomic E-state index is 0.182. The summed E-state index contributed by atoms with van der Waals surface area (Å²) in [5.41, 5.74) is 1.17. The molecule has 0 radical (unpaired) electrons. The summed E-state index contributed by atoms with van der Waals surface area (Å²) in [6, 6.07) is 4.80. The number of methoxy groups -OCH3 is 1. The van der Waals surface area contributed by atoms with Crippen molar-refractivity contribution >= 4 is 5.82 Å². The minimum Gasteiger partial charge on any atom is -0.395 e. The number of anilines is 1. The van der Waals surface area contributed by atoms with Gasteiger partial charge in [-0.05, 0) is 31.9 Å². The number of ether oxygens (including phenoxy) is 1. The van der Waals surface area contributed by atoms with E-state index < -0.39 is 0 Å². The largest absolute Gasteiger partial charge is 0.395 e. The van der Waals surface area contributed by atoms with Gasteiger partial charge in [0.2, 0.25) is 0 Å². The van der Waals surface area contributed by atoms with Crippen LogP contribution < -0.4 is 4.90 Å². The summed E-state index contributed by atoms with van der Waals surface area (Å²) < 4.78 is 5.41. The van der Waals surface area contributed by atoms with Crippen LogP contribution in [0.4, 0.5) is 5.82 Å². The number of pyridine rings is 1. The van der Waals surface area contributed by atoms with Gasteiger partial charge in [-0.25, -0.2) is 4.98 Å². The number of aromatic nitrogens is 1. The molecule has 1 aromatic rings. The van der Waals surface area contributed by atoms with E-state index in [2.05, 4.69) is 47.8 Å². The van der Waals surface area contributed by atoms with Gasteiger partial charge in [-0.1, -0.05) is 6.07 Å². The van der Waals surface area contributed by atoms with Crippen molar-refractivity contribution in [3.05, 3.63) is 23.9 Å². The molecule has 0 saturated carbocycles. The Hall–Kier alpha value is -1.17. The number of aliphatic hydroxyl groups excluding tert-OH is 1. The molecule has 0 amide bonds. The highest BCUT2D eigenvalue weighted by Crippen LogP contribution is 2.22. The molecule has 21 heavy (non-hydrogen) atoms. The van der Waals surface area contributed by atoms with Crippen LogP contribution in [0.1, 0.15) is 25.8 Å². The first kappa shape index (κ1) is 16.2. The van der Waals surface area contributed by atoms with Crippen LogP contribution in [-0.4, -0.2) is 60.5 Å². The van der Waals surface area contributed by atoms with E-state index in [0.29, 0.717) is 6.04 Å². The summed E-state index contributed by atoms with van der Waals surface area (Å²) in [5.74, 6) is 0.989. The third-order valence-corrected chi connectivity index (χ3v) is 4.36. The Balaban J connectivity index is 2.00. The van der Waals surface area contributed by atoms with Crippen molar-refractivity contribution in [2.24, 2.45) is 0 Å². The maximum absolute atomic E-state index is 9.49. The summed E-state index contributed by atoms with van der Waals surface area (Å²) >= 11 is 0. The summed E-state index contributed by atoms with van der Waals surface area (Å²) in [7, 11) is 3.79. The van der Waals surface area contributed by atoms with Crippen molar-refractivity contribution in [3.8, 4) is 0 Å². The van der Waals surface area contributed by atoms with E-state index in [1.54, 1.807) is 7.11 Å². The molecule has 1 saturated heterocycles. The normalized spacial score (nSPS) is 23.0. The molecular weight excluding hydrogens is 266 g/mol. The predicted molar refractivity (Wildman–Crippen MR) is 84.5 cm³/mol. The van der Waals surface area contributed by atoms with Gasteiger partial charge >= 0.3 is 0 Å². The lowest BCUT2D eigenvalue weighted by atomic mass is 10.2. The fraction of sp³-hybridized carbons (Fsp3) is 0.688. The Morgan fingerprint density at radius 1 is 1.48 bits per heavy atom. The Morgan fingerprint density at radius 2 is 2.24 bits per heavy atom. The van der Waals surface area contributed by atoms with E-state index in [0.717, 1.165) is 25.3 Å². The Bertz CT molecular complexity index is 436. The number of aliphatic hydroxyl groups is 1. The van der Waals surface area contributed by atoms with Crippen molar-refractivity contribution < 1.29 is 9.84 Å². The summed E-state index contributed by atoms with van der Waals surface area (Å²) in [5, 5.41) is 9.49. The van der Waals surface area contributed by atoms with Crippen LogP contribution >= 0.6 is 0 Å². The van der Waals surface area contributed by atoms with Gasteiger partial charge in [-0.15, -0.1) is 0 Å². The van der Waals surface area contributed by atoms with E-state index >= 15 is 0 Å². The molecule has 5 nitrogen and oxygen atoms in total. The van der Waals surface area contributed by atoms with Crippen LogP contribution in [0.3, 0.4) is 0 Å². The summed E-state index contributed by atoms with van der Waals surface area (Å²) in [6.07, 6.45) is 3.05. The lowest BCUT2D eigenvalue weighted by molar-refractivity contribution is 0.107. The first-order valence-electron chi connectivity index (χ1n) is 7.60. The Morgan fingerprint density at radius 3 is 2.76 bits per heavy atom. The summed E-state index contributed by atoms with van der Waals surface area (Å²) in [4.78, 5) is 8.96. The zero-order chi connectivity index (χ0) is 15.4. The monoisotopic (exact) mass is 293 g/mol. The molecule has 1 N–H and O–H groups in total. The first-order valence-corrected chi connectivity index (χ1v) is 7.60. The van der Waals surface area contributed by atoms with Crippen molar-refractivity contribution in [1.82, 2.24) is 9.88 Å². The second-order valence-electron chi connectivity index (χ2n) is 6.09. The molecule has 5 heteroatoms. The van der Waals surface area contributed by atoms with E-state index in [9.17, 15) is 5.11 Å². The van der Waals surface area contributed by atoms with Gasteiger partial charge in [0, 0.05) is 45.5 Å². The maximum Gasteiger partial charge on any atom is 0.128 e. The molecule has 0 bridgehead atoms. The summed E-state index contributed by atoms with van der Waals surface area (Å²) in [6.45, 7) is 6.16. The molecule has 1 aromatic heterocycles. The van der Waals surface area contributed by atoms with E-state index in [4.69, 9.17) is 4.74 Å². The number of hydrogen-bond donors (Lipinski definition) is 1. The van der Waals surface area contributed by atoms with Crippen molar-refractivity contribution in [3.63, 3.8) is 0 Å². The minimum atomic E-state index is 0.182. The third-order valence-electron chi connectivity index (χ3n) is 4.36. The quantitative estimate of drug-likeness (QED) is 0.861. The van der Waals surface area contributed by atoms with Crippen molar-refractivity contribution in [2.75, 3.05) is 32.2 Å². The van der Waals surface area contributed by atoms with Gasteiger partial charge in [-0.3, -0.25) is 4.90 Å². The van der Waals surface area contributed by atoms with Crippen LogP contribution in [0, 0.1) is 0 Å². The number of nitrogens with zero attached hydrogens (tertiary/aromatic N) is 3. The molecule has 2 heterocycles. The SMILES string of the molecule is CO[C@H]1C[C@@H](CO)N(Cc2ccc(N(C)C(C)C)nc2)C1. The lowest BCUT2D eigenvalue weighted by Gasteiger charge is -2.24. The highest BCUT2D eigenvalue weighted by Gasteiger charge is 2.31. The smallest absolute Gasteiger partial charge is 0.128 e. The molecule has 0 aliphatic carbocycles. The molecule has 0 aromatic carbocycles. The van der Waals surface area contributed by atoms with Crippen LogP contribution in [0.15, 0.2) is 18.3 Å². The van der Waals surface area contributed by atoms with Crippen LogP contribution in [-0.2, 0) is 11.3 Å². The molecule has 2 atom stereocenters. The first-order chi connectivity index (χ1) is 10.0. The molecule has 118 valence electrons. The average molecular weight is 293 g/mol. The maximum atomic E-state index is 9.49. The van der Waals surface area contributed by atoms with Crippen LogP contribution in [0.5, 0.6) is 0 Å². The number of hydrogen-bond acceptors (Lipinski definition) is 5. The molecule has 2 rings (SSSR count). The van der Waals surface area contributed by atoms with Gasteiger partial charge in [-0.2, -0.15) is 0 Å². The zero-order valence-electron chi connectivity index (χ0n) is 13.5. The molecular formula is C16H27N3O2. The average Bonchev–Trinajstić information content (AvgIpc) is 2.89. The topological polar surface area (TPSA) is 48.8 Å². The third kappa shape index (κ3) is 3.93. The van der Waals surface area contributed by atoms with E-state index in [1.807, 2.05) is 6.20 Å². The second kappa shape index (κ2) is 7.20. The zero-order valence-corrected chi connectivity index (χ0v) is 13.5. The molecule has 1 aliphatic heterocycles. The van der Waals surface area contributed by atoms with Gasteiger partial charge in [0.1, 0.15) is 5.82 Å². The van der Waals surface area contributed by atoms with Crippen LogP contribution in [0.2, 0.25) is 0 Å². The number of rotatable bonds is 6. The fourth-order valence-electron chi connectivity index (χ4n) is 2.71. The van der Waals surface area contributed by atoms with Crippen LogP contribution in [0.25, 0.3) is 0 Å². The Labute approximate surface area is 127 Å².